The van der Waals surface area contributed by atoms with Gasteiger partial charge in [-0.3, -0.25) is 4.79 Å². The molecule has 7 nitrogen and oxygen atoms in total. The van der Waals surface area contributed by atoms with Crippen molar-refractivity contribution < 1.29 is 24.6 Å². The van der Waals surface area contributed by atoms with Gasteiger partial charge in [0.1, 0.15) is 6.04 Å². The Hall–Kier alpha value is -2.05. The van der Waals surface area contributed by atoms with E-state index in [1.54, 1.807) is 0 Å². The molecule has 0 fully saturated rings. The van der Waals surface area contributed by atoms with E-state index in [4.69, 9.17) is 10.2 Å². The maximum Gasteiger partial charge on any atom is 0.326 e. The summed E-state index contributed by atoms with van der Waals surface area (Å²) < 4.78 is 0. The molecule has 1 atom stereocenters. The molecule has 3 N–H and O–H groups in total. The van der Waals surface area contributed by atoms with Gasteiger partial charge in [-0.2, -0.15) is 0 Å². The van der Waals surface area contributed by atoms with Crippen LogP contribution in [0.1, 0.15) is 33.6 Å². The normalized spacial score (nSPS) is 16.9. The summed E-state index contributed by atoms with van der Waals surface area (Å²) in [4.78, 5) is 35.0. The molecule has 0 unspecified atom stereocenters. The summed E-state index contributed by atoms with van der Waals surface area (Å²) >= 11 is 0. The highest BCUT2D eigenvalue weighted by Gasteiger charge is 2.27. The van der Waals surface area contributed by atoms with Crippen LogP contribution in [0.3, 0.4) is 0 Å². The summed E-state index contributed by atoms with van der Waals surface area (Å²) in [5.41, 5.74) is 1.31. The zero-order valence-electron chi connectivity index (χ0n) is 12.5. The summed E-state index contributed by atoms with van der Waals surface area (Å²) in [6.45, 7) is 7.19. The van der Waals surface area contributed by atoms with Crippen LogP contribution in [0.2, 0.25) is 0 Å². The fraction of sp³-hybridized carbons (Fsp3) is 0.643. The van der Waals surface area contributed by atoms with E-state index in [9.17, 15) is 14.4 Å². The summed E-state index contributed by atoms with van der Waals surface area (Å²) in [6, 6.07) is -1.96. The quantitative estimate of drug-likeness (QED) is 0.678. The summed E-state index contributed by atoms with van der Waals surface area (Å²) in [7, 11) is 0. The number of carbonyl (C=O) groups is 3. The van der Waals surface area contributed by atoms with Crippen LogP contribution >= 0.6 is 0 Å². The van der Waals surface area contributed by atoms with Crippen molar-refractivity contribution in [1.29, 1.82) is 0 Å². The second-order valence-corrected chi connectivity index (χ2v) is 6.11. The Morgan fingerprint density at radius 3 is 2.33 bits per heavy atom. The van der Waals surface area contributed by atoms with Crippen LogP contribution in [0.15, 0.2) is 11.6 Å². The van der Waals surface area contributed by atoms with Crippen LogP contribution in [0.4, 0.5) is 4.79 Å². The van der Waals surface area contributed by atoms with Crippen LogP contribution in [0.5, 0.6) is 0 Å². The lowest BCUT2D eigenvalue weighted by Gasteiger charge is -2.32. The van der Waals surface area contributed by atoms with Gasteiger partial charge in [-0.1, -0.05) is 32.4 Å². The van der Waals surface area contributed by atoms with Gasteiger partial charge in [-0.05, 0) is 11.8 Å². The van der Waals surface area contributed by atoms with E-state index < -0.39 is 30.4 Å². The van der Waals surface area contributed by atoms with Gasteiger partial charge in [-0.15, -0.1) is 0 Å². The molecule has 1 rings (SSSR count). The minimum absolute atomic E-state index is 0.0511. The maximum absolute atomic E-state index is 12.0. The lowest BCUT2D eigenvalue weighted by molar-refractivity contribution is -0.145. The molecule has 2 amide bonds. The number of carbonyl (C=O) groups excluding carboxylic acids is 1. The fourth-order valence-electron chi connectivity index (χ4n) is 2.15. The van der Waals surface area contributed by atoms with E-state index in [0.717, 1.165) is 6.42 Å². The number of rotatable bonds is 4. The van der Waals surface area contributed by atoms with Gasteiger partial charge in [0.25, 0.3) is 0 Å². The molecule has 1 aliphatic heterocycles. The Labute approximate surface area is 123 Å². The smallest absolute Gasteiger partial charge is 0.326 e. The van der Waals surface area contributed by atoms with Crippen LogP contribution in [-0.2, 0) is 9.59 Å². The molecule has 0 saturated heterocycles. The van der Waals surface area contributed by atoms with Gasteiger partial charge in [0.15, 0.2) is 0 Å². The number of hydrogen-bond donors (Lipinski definition) is 3. The molecular formula is C14H22N2O5. The lowest BCUT2D eigenvalue weighted by atomic mass is 9.83. The molecule has 118 valence electrons. The third-order valence-electron chi connectivity index (χ3n) is 3.43. The highest BCUT2D eigenvalue weighted by atomic mass is 16.4. The Morgan fingerprint density at radius 1 is 1.33 bits per heavy atom. The van der Waals surface area contributed by atoms with Crippen LogP contribution in [-0.4, -0.2) is 52.2 Å². The van der Waals surface area contributed by atoms with Gasteiger partial charge in [0.2, 0.25) is 0 Å². The first-order valence-corrected chi connectivity index (χ1v) is 6.81. The molecule has 1 aliphatic rings. The monoisotopic (exact) mass is 298 g/mol. The molecular weight excluding hydrogens is 276 g/mol. The second-order valence-electron chi connectivity index (χ2n) is 6.11. The van der Waals surface area contributed by atoms with E-state index in [1.807, 2.05) is 6.08 Å². The standard InChI is InChI=1S/C14H22N2O5/c1-14(2,3)9-4-6-16(7-5-9)13(21)15-10(12(19)20)8-11(17)18/h4,10H,5-8H2,1-3H3,(H,15,21)(H,17,18)(H,19,20)/t10-/m1/s1. The van der Waals surface area contributed by atoms with Crippen LogP contribution in [0, 0.1) is 5.41 Å². The molecule has 0 aromatic rings. The number of amides is 2. The SMILES string of the molecule is CC(C)(C)C1=CCN(C(=O)N[C@H](CC(=O)O)C(=O)O)CC1. The first-order chi connectivity index (χ1) is 9.61. The Bertz CT molecular complexity index is 464. The van der Waals surface area contributed by atoms with Gasteiger partial charge >= 0.3 is 18.0 Å². The largest absolute Gasteiger partial charge is 0.481 e. The summed E-state index contributed by atoms with van der Waals surface area (Å²) in [5, 5.41) is 19.8. The van der Waals surface area contributed by atoms with Crippen molar-refractivity contribution in [2.75, 3.05) is 13.1 Å². The topological polar surface area (TPSA) is 107 Å². The molecule has 0 spiro atoms. The van der Waals surface area contributed by atoms with Crippen molar-refractivity contribution in [1.82, 2.24) is 10.2 Å². The molecule has 0 aromatic carbocycles. The van der Waals surface area contributed by atoms with Crippen molar-refractivity contribution in [3.8, 4) is 0 Å². The van der Waals surface area contributed by atoms with Gasteiger partial charge in [-0.25, -0.2) is 9.59 Å². The van der Waals surface area contributed by atoms with Crippen LogP contribution < -0.4 is 5.32 Å². The molecule has 0 bridgehead atoms. The Morgan fingerprint density at radius 2 is 1.95 bits per heavy atom. The van der Waals surface area contributed by atoms with E-state index >= 15 is 0 Å². The second kappa shape index (κ2) is 6.60. The average Bonchev–Trinajstić information content (AvgIpc) is 2.36. The first kappa shape index (κ1) is 17.0. The number of carboxylic acids is 2. The molecule has 0 saturated carbocycles. The van der Waals surface area contributed by atoms with Crippen molar-refractivity contribution in [3.63, 3.8) is 0 Å². The predicted molar refractivity (Wildman–Crippen MR) is 75.9 cm³/mol. The third kappa shape index (κ3) is 5.09. The zero-order valence-corrected chi connectivity index (χ0v) is 12.5. The third-order valence-corrected chi connectivity index (χ3v) is 3.43. The van der Waals surface area contributed by atoms with Crippen molar-refractivity contribution >= 4 is 18.0 Å². The van der Waals surface area contributed by atoms with E-state index in [2.05, 4.69) is 26.1 Å². The minimum atomic E-state index is -1.41. The number of urea groups is 1. The lowest BCUT2D eigenvalue weighted by Crippen LogP contribution is -2.50. The molecule has 1 heterocycles. The van der Waals surface area contributed by atoms with Gasteiger partial charge in [0.05, 0.1) is 6.42 Å². The van der Waals surface area contributed by atoms with E-state index in [-0.39, 0.29) is 5.41 Å². The molecule has 7 heteroatoms. The van der Waals surface area contributed by atoms with Crippen LogP contribution in [0.25, 0.3) is 0 Å². The van der Waals surface area contributed by atoms with E-state index in [0.29, 0.717) is 13.1 Å². The Balaban J connectivity index is 2.63. The van der Waals surface area contributed by atoms with Crippen molar-refractivity contribution in [2.45, 2.75) is 39.7 Å². The maximum atomic E-state index is 12.0. The number of carboxylic acid groups (broad SMARTS) is 2. The Kier molecular flexibility index (Phi) is 5.34. The first-order valence-electron chi connectivity index (χ1n) is 6.81. The average molecular weight is 298 g/mol. The number of hydrogen-bond acceptors (Lipinski definition) is 3. The summed E-state index contributed by atoms with van der Waals surface area (Å²) in [5.74, 6) is -2.62. The highest BCUT2D eigenvalue weighted by molar-refractivity contribution is 5.86. The number of aliphatic carboxylic acids is 2. The molecule has 21 heavy (non-hydrogen) atoms. The van der Waals surface area contributed by atoms with E-state index in [1.165, 1.54) is 10.5 Å². The fourth-order valence-corrected chi connectivity index (χ4v) is 2.15. The minimum Gasteiger partial charge on any atom is -0.481 e. The number of nitrogens with zero attached hydrogens (tertiary/aromatic N) is 1. The molecule has 0 aliphatic carbocycles. The zero-order chi connectivity index (χ0) is 16.2. The molecule has 0 aromatic heterocycles. The van der Waals surface area contributed by atoms with Crippen molar-refractivity contribution in [2.24, 2.45) is 5.41 Å². The van der Waals surface area contributed by atoms with Crippen molar-refractivity contribution in [3.05, 3.63) is 11.6 Å². The number of nitrogens with one attached hydrogen (secondary N) is 1. The summed E-state index contributed by atoms with van der Waals surface area (Å²) in [6.07, 6.45) is 2.06. The predicted octanol–water partition coefficient (Wildman–Crippen LogP) is 1.30. The van der Waals surface area contributed by atoms with Gasteiger partial charge in [0, 0.05) is 13.1 Å². The van der Waals surface area contributed by atoms with Gasteiger partial charge < -0.3 is 20.4 Å². The highest BCUT2D eigenvalue weighted by Crippen LogP contribution is 2.29. The molecule has 0 radical (unpaired) electrons.